The molecule has 0 saturated carbocycles. The molecule has 19 heavy (non-hydrogen) atoms. The Hall–Kier alpha value is -1.22. The van der Waals surface area contributed by atoms with Crippen LogP contribution in [0.5, 0.6) is 0 Å². The molecule has 3 nitrogen and oxygen atoms in total. The molecule has 0 N–H and O–H groups in total. The Bertz CT molecular complexity index is 568. The van der Waals surface area contributed by atoms with Crippen LogP contribution >= 0.6 is 11.6 Å². The summed E-state index contributed by atoms with van der Waals surface area (Å²) in [6.07, 6.45) is 3.35. The zero-order chi connectivity index (χ0) is 13.4. The molecular weight excluding hydrogens is 258 g/mol. The number of imidazole rings is 1. The van der Waals surface area contributed by atoms with Gasteiger partial charge in [-0.2, -0.15) is 0 Å². The first kappa shape index (κ1) is 12.8. The van der Waals surface area contributed by atoms with Crippen LogP contribution in [0.4, 0.5) is 5.82 Å². The van der Waals surface area contributed by atoms with Crippen LogP contribution in [0.25, 0.3) is 5.65 Å². The Morgan fingerprint density at radius 2 is 2.00 bits per heavy atom. The van der Waals surface area contributed by atoms with Crippen molar-refractivity contribution in [1.82, 2.24) is 9.38 Å². The van der Waals surface area contributed by atoms with E-state index in [2.05, 4.69) is 23.1 Å². The molecule has 1 saturated heterocycles. The fourth-order valence-electron chi connectivity index (χ4n) is 3.25. The Labute approximate surface area is 119 Å². The quantitative estimate of drug-likeness (QED) is 0.783. The van der Waals surface area contributed by atoms with E-state index in [9.17, 15) is 0 Å². The molecule has 2 atom stereocenters. The first-order valence-corrected chi connectivity index (χ1v) is 7.49. The topological polar surface area (TPSA) is 20.5 Å². The minimum atomic E-state index is 0.500. The van der Waals surface area contributed by atoms with Crippen molar-refractivity contribution in [3.63, 3.8) is 0 Å². The van der Waals surface area contributed by atoms with Crippen LogP contribution in [0.2, 0.25) is 0 Å². The molecule has 1 aliphatic heterocycles. The number of fused-ring (bicyclic) bond motifs is 1. The summed E-state index contributed by atoms with van der Waals surface area (Å²) in [5, 5.41) is 0. The summed E-state index contributed by atoms with van der Waals surface area (Å²) in [6.45, 7) is 6.80. The molecule has 0 amide bonds. The molecule has 4 heteroatoms. The summed E-state index contributed by atoms with van der Waals surface area (Å²) >= 11 is 6.16. The van der Waals surface area contributed by atoms with Crippen LogP contribution in [-0.4, -0.2) is 22.5 Å². The van der Waals surface area contributed by atoms with E-state index < -0.39 is 0 Å². The van der Waals surface area contributed by atoms with Crippen molar-refractivity contribution in [3.8, 4) is 0 Å². The molecule has 2 unspecified atom stereocenters. The summed E-state index contributed by atoms with van der Waals surface area (Å²) in [6, 6.07) is 6.08. The fraction of sp³-hybridized carbons (Fsp3) is 0.533. The molecular formula is C15H20ClN3. The Morgan fingerprint density at radius 3 is 2.68 bits per heavy atom. The van der Waals surface area contributed by atoms with Gasteiger partial charge in [0.25, 0.3) is 0 Å². The number of rotatable bonds is 2. The van der Waals surface area contributed by atoms with Crippen LogP contribution < -0.4 is 4.90 Å². The minimum Gasteiger partial charge on any atom is -0.355 e. The van der Waals surface area contributed by atoms with Crippen molar-refractivity contribution in [3.05, 3.63) is 30.1 Å². The van der Waals surface area contributed by atoms with E-state index >= 15 is 0 Å². The lowest BCUT2D eigenvalue weighted by Crippen LogP contribution is -2.39. The maximum Gasteiger partial charge on any atom is 0.152 e. The third-order valence-corrected chi connectivity index (χ3v) is 4.16. The van der Waals surface area contributed by atoms with Crippen LogP contribution in [0.1, 0.15) is 26.0 Å². The van der Waals surface area contributed by atoms with Crippen LogP contribution in [0.3, 0.4) is 0 Å². The maximum atomic E-state index is 6.16. The highest BCUT2D eigenvalue weighted by Crippen LogP contribution is 2.29. The second-order valence-corrected chi connectivity index (χ2v) is 6.06. The van der Waals surface area contributed by atoms with Gasteiger partial charge in [0, 0.05) is 19.3 Å². The largest absolute Gasteiger partial charge is 0.355 e. The highest BCUT2D eigenvalue weighted by Gasteiger charge is 2.25. The Morgan fingerprint density at radius 1 is 1.26 bits per heavy atom. The third-order valence-electron chi connectivity index (χ3n) is 3.90. The van der Waals surface area contributed by atoms with Gasteiger partial charge in [0.15, 0.2) is 5.82 Å². The number of piperidine rings is 1. The average molecular weight is 278 g/mol. The van der Waals surface area contributed by atoms with E-state index in [-0.39, 0.29) is 0 Å². The molecule has 1 aliphatic rings. The zero-order valence-electron chi connectivity index (χ0n) is 11.5. The zero-order valence-corrected chi connectivity index (χ0v) is 12.3. The summed E-state index contributed by atoms with van der Waals surface area (Å²) in [4.78, 5) is 7.19. The van der Waals surface area contributed by atoms with Gasteiger partial charge in [0.05, 0.1) is 11.6 Å². The Kier molecular flexibility index (Phi) is 3.40. The van der Waals surface area contributed by atoms with Gasteiger partial charge in [-0.05, 0) is 30.4 Å². The van der Waals surface area contributed by atoms with Gasteiger partial charge >= 0.3 is 0 Å². The molecule has 0 aromatic carbocycles. The number of aromatic nitrogens is 2. The predicted molar refractivity (Wildman–Crippen MR) is 79.9 cm³/mol. The normalized spacial score (nSPS) is 24.1. The van der Waals surface area contributed by atoms with Crippen molar-refractivity contribution in [2.75, 3.05) is 18.0 Å². The number of alkyl halides is 1. The van der Waals surface area contributed by atoms with E-state index in [0.717, 1.165) is 42.1 Å². The number of pyridine rings is 1. The lowest BCUT2D eigenvalue weighted by atomic mass is 9.92. The van der Waals surface area contributed by atoms with Gasteiger partial charge in [0.1, 0.15) is 5.65 Å². The number of nitrogens with zero attached hydrogens (tertiary/aromatic N) is 3. The molecule has 0 bridgehead atoms. The SMILES string of the molecule is CC1CC(C)CN(c2nc3ccccn3c2CCl)C1. The lowest BCUT2D eigenvalue weighted by Gasteiger charge is -2.35. The van der Waals surface area contributed by atoms with E-state index in [4.69, 9.17) is 16.6 Å². The fourth-order valence-corrected chi connectivity index (χ4v) is 3.50. The summed E-state index contributed by atoms with van der Waals surface area (Å²) < 4.78 is 2.10. The van der Waals surface area contributed by atoms with Crippen LogP contribution in [0, 0.1) is 11.8 Å². The van der Waals surface area contributed by atoms with Crippen molar-refractivity contribution < 1.29 is 0 Å². The van der Waals surface area contributed by atoms with Gasteiger partial charge in [-0.3, -0.25) is 0 Å². The molecule has 0 radical (unpaired) electrons. The molecule has 0 aliphatic carbocycles. The van der Waals surface area contributed by atoms with Gasteiger partial charge in [-0.1, -0.05) is 19.9 Å². The molecule has 2 aromatic rings. The first-order chi connectivity index (χ1) is 9.19. The molecule has 2 aromatic heterocycles. The van der Waals surface area contributed by atoms with Crippen molar-refractivity contribution in [1.29, 1.82) is 0 Å². The summed E-state index contributed by atoms with van der Waals surface area (Å²) in [5.74, 6) is 3.01. The molecule has 102 valence electrons. The second-order valence-electron chi connectivity index (χ2n) is 5.80. The van der Waals surface area contributed by atoms with Crippen molar-refractivity contribution in [2.45, 2.75) is 26.1 Å². The number of hydrogen-bond donors (Lipinski definition) is 0. The summed E-state index contributed by atoms with van der Waals surface area (Å²) in [5.41, 5.74) is 2.09. The standard InChI is InChI=1S/C15H20ClN3/c1-11-7-12(2)10-18(9-11)15-13(8-16)19-6-4-3-5-14(19)17-15/h3-6,11-12H,7-10H2,1-2H3. The predicted octanol–water partition coefficient (Wildman–Crippen LogP) is 3.56. The number of hydrogen-bond acceptors (Lipinski definition) is 2. The molecule has 3 rings (SSSR count). The van der Waals surface area contributed by atoms with E-state index in [1.807, 2.05) is 24.4 Å². The molecule has 3 heterocycles. The van der Waals surface area contributed by atoms with E-state index in [1.165, 1.54) is 6.42 Å². The van der Waals surface area contributed by atoms with E-state index in [0.29, 0.717) is 5.88 Å². The van der Waals surface area contributed by atoms with Crippen molar-refractivity contribution >= 4 is 23.1 Å². The van der Waals surface area contributed by atoms with Gasteiger partial charge in [-0.15, -0.1) is 11.6 Å². The summed E-state index contributed by atoms with van der Waals surface area (Å²) in [7, 11) is 0. The second kappa shape index (κ2) is 5.04. The maximum absolute atomic E-state index is 6.16. The Balaban J connectivity index is 2.04. The average Bonchev–Trinajstić information content (AvgIpc) is 2.76. The van der Waals surface area contributed by atoms with E-state index in [1.54, 1.807) is 0 Å². The van der Waals surface area contributed by atoms with Crippen LogP contribution in [0.15, 0.2) is 24.4 Å². The van der Waals surface area contributed by atoms with Gasteiger partial charge < -0.3 is 9.30 Å². The molecule has 1 fully saturated rings. The van der Waals surface area contributed by atoms with Crippen molar-refractivity contribution in [2.24, 2.45) is 11.8 Å². The monoisotopic (exact) mass is 277 g/mol. The first-order valence-electron chi connectivity index (χ1n) is 6.96. The lowest BCUT2D eigenvalue weighted by molar-refractivity contribution is 0.355. The smallest absolute Gasteiger partial charge is 0.152 e. The van der Waals surface area contributed by atoms with Crippen LogP contribution in [-0.2, 0) is 5.88 Å². The van der Waals surface area contributed by atoms with Gasteiger partial charge in [0.2, 0.25) is 0 Å². The number of anilines is 1. The highest BCUT2D eigenvalue weighted by molar-refractivity contribution is 6.17. The highest BCUT2D eigenvalue weighted by atomic mass is 35.5. The third kappa shape index (κ3) is 2.32. The minimum absolute atomic E-state index is 0.500. The number of halogens is 1. The molecule has 0 spiro atoms. The van der Waals surface area contributed by atoms with Gasteiger partial charge in [-0.25, -0.2) is 4.98 Å².